The van der Waals surface area contributed by atoms with Crippen LogP contribution in [0, 0.1) is 17.6 Å². The number of hydrogen-bond donors (Lipinski definition) is 1. The standard InChI is InChI=1S/C17H22F2N2O3/c1-11(24-14-3-4-15(18)16(19)9-14)17(23)21-7-5-13(6-8-21)10-20-12(2)22/h3-4,9,11,13H,5-8,10H2,1-2H3,(H,20,22). The van der Waals surface area contributed by atoms with E-state index in [-0.39, 0.29) is 17.6 Å². The van der Waals surface area contributed by atoms with Gasteiger partial charge < -0.3 is 15.0 Å². The van der Waals surface area contributed by atoms with Gasteiger partial charge >= 0.3 is 0 Å². The first-order valence-electron chi connectivity index (χ1n) is 8.01. The number of carbonyl (C=O) groups is 2. The second-order valence-electron chi connectivity index (χ2n) is 6.04. The Hall–Kier alpha value is -2.18. The van der Waals surface area contributed by atoms with Crippen molar-refractivity contribution in [2.45, 2.75) is 32.8 Å². The molecule has 2 rings (SSSR count). The molecule has 0 aliphatic carbocycles. The Bertz CT molecular complexity index is 601. The van der Waals surface area contributed by atoms with Crippen molar-refractivity contribution < 1.29 is 23.1 Å². The van der Waals surface area contributed by atoms with Crippen LogP contribution < -0.4 is 10.1 Å². The van der Waals surface area contributed by atoms with E-state index in [1.165, 1.54) is 13.0 Å². The van der Waals surface area contributed by atoms with Gasteiger partial charge in [0.2, 0.25) is 5.91 Å². The van der Waals surface area contributed by atoms with Crippen molar-refractivity contribution in [1.82, 2.24) is 10.2 Å². The molecular weight excluding hydrogens is 318 g/mol. The maximum absolute atomic E-state index is 13.2. The summed E-state index contributed by atoms with van der Waals surface area (Å²) in [5.41, 5.74) is 0. The number of benzene rings is 1. The molecule has 1 N–H and O–H groups in total. The molecule has 1 unspecified atom stereocenters. The molecule has 0 bridgehead atoms. The van der Waals surface area contributed by atoms with Crippen LogP contribution in [0.15, 0.2) is 18.2 Å². The zero-order chi connectivity index (χ0) is 17.7. The summed E-state index contributed by atoms with van der Waals surface area (Å²) >= 11 is 0. The molecule has 1 aromatic carbocycles. The normalized spacial score (nSPS) is 16.6. The number of rotatable bonds is 5. The third-order valence-corrected chi connectivity index (χ3v) is 4.12. The lowest BCUT2D eigenvalue weighted by Gasteiger charge is -2.33. The first kappa shape index (κ1) is 18.2. The van der Waals surface area contributed by atoms with Gasteiger partial charge in [0, 0.05) is 32.6 Å². The molecule has 5 nitrogen and oxygen atoms in total. The largest absolute Gasteiger partial charge is 0.481 e. The van der Waals surface area contributed by atoms with Crippen LogP contribution in [-0.2, 0) is 9.59 Å². The zero-order valence-corrected chi connectivity index (χ0v) is 13.9. The molecule has 2 amide bonds. The SMILES string of the molecule is CC(=O)NCC1CCN(C(=O)C(C)Oc2ccc(F)c(F)c2)CC1. The lowest BCUT2D eigenvalue weighted by atomic mass is 9.96. The fourth-order valence-electron chi connectivity index (χ4n) is 2.71. The molecule has 0 spiro atoms. The van der Waals surface area contributed by atoms with Gasteiger partial charge in [-0.25, -0.2) is 8.78 Å². The van der Waals surface area contributed by atoms with E-state index >= 15 is 0 Å². The average Bonchev–Trinajstić information content (AvgIpc) is 2.56. The van der Waals surface area contributed by atoms with Crippen LogP contribution in [0.3, 0.4) is 0 Å². The predicted octanol–water partition coefficient (Wildman–Crippen LogP) is 2.11. The molecule has 1 aliphatic heterocycles. The van der Waals surface area contributed by atoms with E-state index in [1.807, 2.05) is 0 Å². The van der Waals surface area contributed by atoms with Gasteiger partial charge in [-0.15, -0.1) is 0 Å². The minimum Gasteiger partial charge on any atom is -0.481 e. The fourth-order valence-corrected chi connectivity index (χ4v) is 2.71. The summed E-state index contributed by atoms with van der Waals surface area (Å²) in [6.45, 7) is 4.88. The summed E-state index contributed by atoms with van der Waals surface area (Å²) < 4.78 is 31.5. The van der Waals surface area contributed by atoms with E-state index in [0.29, 0.717) is 25.6 Å². The summed E-state index contributed by atoms with van der Waals surface area (Å²) in [5.74, 6) is -1.72. The molecule has 0 radical (unpaired) electrons. The summed E-state index contributed by atoms with van der Waals surface area (Å²) in [6.07, 6.45) is 0.843. The highest BCUT2D eigenvalue weighted by atomic mass is 19.2. The molecular formula is C17H22F2N2O3. The highest BCUT2D eigenvalue weighted by Crippen LogP contribution is 2.20. The van der Waals surface area contributed by atoms with E-state index in [9.17, 15) is 18.4 Å². The lowest BCUT2D eigenvalue weighted by Crippen LogP contribution is -2.46. The second kappa shape index (κ2) is 8.08. The topological polar surface area (TPSA) is 58.6 Å². The summed E-state index contributed by atoms with van der Waals surface area (Å²) in [4.78, 5) is 25.0. The van der Waals surface area contributed by atoms with Gasteiger partial charge in [-0.05, 0) is 37.8 Å². The summed E-state index contributed by atoms with van der Waals surface area (Å²) in [7, 11) is 0. The average molecular weight is 340 g/mol. The Morgan fingerprint density at radius 2 is 1.96 bits per heavy atom. The van der Waals surface area contributed by atoms with Gasteiger partial charge in [-0.3, -0.25) is 9.59 Å². The number of carbonyl (C=O) groups excluding carboxylic acids is 2. The van der Waals surface area contributed by atoms with Crippen LogP contribution in [0.1, 0.15) is 26.7 Å². The van der Waals surface area contributed by atoms with E-state index < -0.39 is 17.7 Å². The number of piperidine rings is 1. The molecule has 1 heterocycles. The minimum atomic E-state index is -1.01. The van der Waals surface area contributed by atoms with Crippen molar-refractivity contribution in [2.24, 2.45) is 5.92 Å². The molecule has 1 aliphatic rings. The Morgan fingerprint density at radius 3 is 2.54 bits per heavy atom. The van der Waals surface area contributed by atoms with Crippen molar-refractivity contribution >= 4 is 11.8 Å². The van der Waals surface area contributed by atoms with Crippen molar-refractivity contribution in [3.8, 4) is 5.75 Å². The molecule has 1 fully saturated rings. The van der Waals surface area contributed by atoms with Crippen molar-refractivity contribution in [3.05, 3.63) is 29.8 Å². The molecule has 0 saturated carbocycles. The number of ether oxygens (including phenoxy) is 1. The first-order chi connectivity index (χ1) is 11.4. The smallest absolute Gasteiger partial charge is 0.263 e. The maximum Gasteiger partial charge on any atom is 0.263 e. The van der Waals surface area contributed by atoms with Crippen LogP contribution >= 0.6 is 0 Å². The number of nitrogens with zero attached hydrogens (tertiary/aromatic N) is 1. The quantitative estimate of drug-likeness (QED) is 0.893. The van der Waals surface area contributed by atoms with Crippen molar-refractivity contribution in [1.29, 1.82) is 0 Å². The zero-order valence-electron chi connectivity index (χ0n) is 13.9. The first-order valence-corrected chi connectivity index (χ1v) is 8.01. The molecule has 24 heavy (non-hydrogen) atoms. The van der Waals surface area contributed by atoms with Gasteiger partial charge in [0.15, 0.2) is 17.7 Å². The van der Waals surface area contributed by atoms with Gasteiger partial charge in [0.1, 0.15) is 5.75 Å². The van der Waals surface area contributed by atoms with Gasteiger partial charge in [0.05, 0.1) is 0 Å². The molecule has 7 heteroatoms. The number of hydrogen-bond acceptors (Lipinski definition) is 3. The molecule has 1 atom stereocenters. The third kappa shape index (κ3) is 4.91. The fraction of sp³-hybridized carbons (Fsp3) is 0.529. The Balaban J connectivity index is 1.83. The Morgan fingerprint density at radius 1 is 1.29 bits per heavy atom. The Labute approximate surface area is 140 Å². The van der Waals surface area contributed by atoms with Gasteiger partial charge in [0.25, 0.3) is 5.91 Å². The summed E-state index contributed by atoms with van der Waals surface area (Å²) in [5, 5.41) is 2.79. The number of halogens is 2. The van der Waals surface area contributed by atoms with Crippen molar-refractivity contribution in [3.63, 3.8) is 0 Å². The molecule has 0 aromatic heterocycles. The van der Waals surface area contributed by atoms with Crippen LogP contribution in [0.5, 0.6) is 5.75 Å². The number of nitrogens with one attached hydrogen (secondary N) is 1. The van der Waals surface area contributed by atoms with E-state index in [4.69, 9.17) is 4.74 Å². The number of amides is 2. The highest BCUT2D eigenvalue weighted by Gasteiger charge is 2.27. The molecule has 1 saturated heterocycles. The van der Waals surface area contributed by atoms with E-state index in [1.54, 1.807) is 11.8 Å². The predicted molar refractivity (Wildman–Crippen MR) is 84.4 cm³/mol. The van der Waals surface area contributed by atoms with Crippen LogP contribution in [-0.4, -0.2) is 42.5 Å². The summed E-state index contributed by atoms with van der Waals surface area (Å²) in [6, 6.07) is 3.19. The van der Waals surface area contributed by atoms with Crippen LogP contribution in [0.4, 0.5) is 8.78 Å². The minimum absolute atomic E-state index is 0.0536. The van der Waals surface area contributed by atoms with E-state index in [2.05, 4.69) is 5.32 Å². The molecule has 1 aromatic rings. The number of likely N-dealkylation sites (tertiary alicyclic amines) is 1. The van der Waals surface area contributed by atoms with Gasteiger partial charge in [-0.2, -0.15) is 0 Å². The Kier molecular flexibility index (Phi) is 6.11. The van der Waals surface area contributed by atoms with Crippen LogP contribution in [0.25, 0.3) is 0 Å². The second-order valence-corrected chi connectivity index (χ2v) is 6.04. The third-order valence-electron chi connectivity index (χ3n) is 4.12. The highest BCUT2D eigenvalue weighted by molar-refractivity contribution is 5.81. The van der Waals surface area contributed by atoms with E-state index in [0.717, 1.165) is 25.0 Å². The maximum atomic E-state index is 13.2. The molecule has 132 valence electrons. The monoisotopic (exact) mass is 340 g/mol. The van der Waals surface area contributed by atoms with Gasteiger partial charge in [-0.1, -0.05) is 0 Å². The van der Waals surface area contributed by atoms with Crippen LogP contribution in [0.2, 0.25) is 0 Å². The lowest BCUT2D eigenvalue weighted by molar-refractivity contribution is -0.139. The van der Waals surface area contributed by atoms with Crippen molar-refractivity contribution in [2.75, 3.05) is 19.6 Å².